The van der Waals surface area contributed by atoms with Crippen LogP contribution in [0.2, 0.25) is 20.1 Å². The fraction of sp³-hybridized carbons (Fsp3) is 0. The van der Waals surface area contributed by atoms with Crippen molar-refractivity contribution in [1.82, 2.24) is 0 Å². The number of carbonyl (C=O) groups is 4. The highest BCUT2D eigenvalue weighted by atomic mass is 35.5. The number of hydrogen-bond donors (Lipinski definition) is 0. The van der Waals surface area contributed by atoms with Crippen LogP contribution in [-0.2, 0) is 19.2 Å². The summed E-state index contributed by atoms with van der Waals surface area (Å²) in [5.41, 5.74) is 2.39. The number of rotatable bonds is 4. The lowest BCUT2D eigenvalue weighted by atomic mass is 9.96. The number of halogens is 4. The molecule has 5 rings (SSSR count). The van der Waals surface area contributed by atoms with Crippen molar-refractivity contribution in [2.45, 2.75) is 0 Å². The molecule has 0 fully saturated rings. The van der Waals surface area contributed by atoms with E-state index in [1.54, 1.807) is 48.5 Å². The van der Waals surface area contributed by atoms with Gasteiger partial charge in [0.2, 0.25) is 0 Å². The third-order valence-electron chi connectivity index (χ3n) is 5.69. The van der Waals surface area contributed by atoms with E-state index in [0.717, 1.165) is 34.1 Å². The van der Waals surface area contributed by atoms with E-state index < -0.39 is 23.6 Å². The predicted octanol–water partition coefficient (Wildman–Crippen LogP) is 6.49. The fourth-order valence-corrected chi connectivity index (χ4v) is 4.88. The summed E-state index contributed by atoms with van der Waals surface area (Å²) >= 11 is 25.4. The molecule has 0 aromatic heterocycles. The lowest BCUT2D eigenvalue weighted by Gasteiger charge is -2.22. The largest absolute Gasteiger partial charge is 0.269 e. The van der Waals surface area contributed by atoms with Crippen LogP contribution < -0.4 is 9.80 Å². The van der Waals surface area contributed by atoms with Crippen LogP contribution in [0, 0.1) is 0 Å². The van der Waals surface area contributed by atoms with Gasteiger partial charge in [0.15, 0.2) is 0 Å². The molecule has 10 heteroatoms. The molecule has 0 saturated heterocycles. The first kappa shape index (κ1) is 24.3. The van der Waals surface area contributed by atoms with Crippen LogP contribution in [0.5, 0.6) is 0 Å². The molecular formula is C26H12Cl4N2O4. The van der Waals surface area contributed by atoms with Gasteiger partial charge >= 0.3 is 0 Å². The fourth-order valence-electron chi connectivity index (χ4n) is 4.08. The van der Waals surface area contributed by atoms with E-state index in [2.05, 4.69) is 0 Å². The predicted molar refractivity (Wildman–Crippen MR) is 141 cm³/mol. The lowest BCUT2D eigenvalue weighted by Crippen LogP contribution is -2.30. The highest BCUT2D eigenvalue weighted by Crippen LogP contribution is 2.45. The van der Waals surface area contributed by atoms with E-state index in [-0.39, 0.29) is 31.5 Å². The highest BCUT2D eigenvalue weighted by molar-refractivity contribution is 6.47. The molecule has 0 aliphatic carbocycles. The average Bonchev–Trinajstić information content (AvgIpc) is 3.37. The van der Waals surface area contributed by atoms with Crippen molar-refractivity contribution < 1.29 is 19.2 Å². The summed E-state index contributed by atoms with van der Waals surface area (Å²) in [6, 6.07) is 13.4. The molecule has 2 aliphatic rings. The van der Waals surface area contributed by atoms with Crippen LogP contribution >= 0.6 is 46.4 Å². The molecule has 0 unspecified atom stereocenters. The van der Waals surface area contributed by atoms with Gasteiger partial charge in [0.1, 0.15) is 0 Å². The van der Waals surface area contributed by atoms with E-state index >= 15 is 0 Å². The van der Waals surface area contributed by atoms with Gasteiger partial charge in [-0.15, -0.1) is 0 Å². The number of benzene rings is 3. The second-order valence-electron chi connectivity index (χ2n) is 7.79. The maximum Gasteiger partial charge on any atom is 0.258 e. The third kappa shape index (κ3) is 3.92. The number of anilines is 2. The van der Waals surface area contributed by atoms with E-state index in [0.29, 0.717) is 22.3 Å². The molecule has 0 atom stereocenters. The smallest absolute Gasteiger partial charge is 0.258 e. The standard InChI is InChI=1S/C26H12Cl4N2O4/c27-17-6-4-15(25(23(17)29)31-19(33)8-9-20(31)34)13-2-1-3-14(12-13)16-5-7-18(28)24(30)26(16)32-21(35)10-11-22(32)36/h1-12H. The molecule has 2 heterocycles. The molecule has 3 aromatic carbocycles. The SMILES string of the molecule is O=C1C=CC(=O)N1c1c(-c2cccc(-c3ccc(Cl)c(Cl)c3N3C(=O)C=CC3=O)c2)ccc(Cl)c1Cl. The van der Waals surface area contributed by atoms with Gasteiger partial charge in [0.05, 0.1) is 31.5 Å². The highest BCUT2D eigenvalue weighted by Gasteiger charge is 2.32. The molecular weight excluding hydrogens is 546 g/mol. The van der Waals surface area contributed by atoms with Crippen molar-refractivity contribution in [2.75, 3.05) is 9.80 Å². The Morgan fingerprint density at radius 3 is 1.22 bits per heavy atom. The Labute approximate surface area is 224 Å². The minimum atomic E-state index is -0.549. The Kier molecular flexibility index (Phi) is 6.22. The number of hydrogen-bond acceptors (Lipinski definition) is 4. The van der Waals surface area contributed by atoms with Gasteiger partial charge in [-0.25, -0.2) is 9.80 Å². The van der Waals surface area contributed by atoms with Gasteiger partial charge in [0.25, 0.3) is 23.6 Å². The van der Waals surface area contributed by atoms with Crippen LogP contribution in [-0.4, -0.2) is 23.6 Å². The number of carbonyl (C=O) groups excluding carboxylic acids is 4. The zero-order chi connectivity index (χ0) is 25.7. The first-order valence-corrected chi connectivity index (χ1v) is 11.9. The zero-order valence-electron chi connectivity index (χ0n) is 18.0. The monoisotopic (exact) mass is 556 g/mol. The minimum absolute atomic E-state index is 0.0412. The van der Waals surface area contributed by atoms with Crippen LogP contribution in [0.15, 0.2) is 72.8 Å². The molecule has 6 nitrogen and oxygen atoms in total. The van der Waals surface area contributed by atoms with Gasteiger partial charge in [-0.05, 0) is 29.3 Å². The molecule has 2 aliphatic heterocycles. The minimum Gasteiger partial charge on any atom is -0.269 e. The second kappa shape index (κ2) is 9.22. The Bertz CT molecular complexity index is 1430. The Morgan fingerprint density at radius 2 is 0.861 bits per heavy atom. The van der Waals surface area contributed by atoms with E-state index in [4.69, 9.17) is 46.4 Å². The lowest BCUT2D eigenvalue weighted by molar-refractivity contribution is -0.121. The van der Waals surface area contributed by atoms with Crippen LogP contribution in [0.25, 0.3) is 22.3 Å². The molecule has 178 valence electrons. The molecule has 0 bridgehead atoms. The first-order chi connectivity index (χ1) is 17.2. The normalized spacial score (nSPS) is 15.1. The molecule has 36 heavy (non-hydrogen) atoms. The number of amides is 4. The summed E-state index contributed by atoms with van der Waals surface area (Å²) in [4.78, 5) is 51.7. The Hall–Kier alpha value is -3.42. The number of nitrogens with zero attached hydrogens (tertiary/aromatic N) is 2. The van der Waals surface area contributed by atoms with Crippen LogP contribution in [0.4, 0.5) is 11.4 Å². The van der Waals surface area contributed by atoms with Gasteiger partial charge in [-0.1, -0.05) is 76.7 Å². The molecule has 0 N–H and O–H groups in total. The maximum absolute atomic E-state index is 12.5. The zero-order valence-corrected chi connectivity index (χ0v) is 21.0. The van der Waals surface area contributed by atoms with Crippen molar-refractivity contribution >= 4 is 81.4 Å². The maximum atomic E-state index is 12.5. The Morgan fingerprint density at radius 1 is 0.500 bits per heavy atom. The van der Waals surface area contributed by atoms with E-state index in [1.165, 1.54) is 0 Å². The summed E-state index contributed by atoms with van der Waals surface area (Å²) in [5, 5.41) is 0.424. The average molecular weight is 558 g/mol. The molecule has 3 aromatic rings. The van der Waals surface area contributed by atoms with Crippen molar-refractivity contribution in [1.29, 1.82) is 0 Å². The summed E-state index contributed by atoms with van der Waals surface area (Å²) < 4.78 is 0. The van der Waals surface area contributed by atoms with Crippen LogP contribution in [0.1, 0.15) is 0 Å². The second-order valence-corrected chi connectivity index (χ2v) is 9.36. The van der Waals surface area contributed by atoms with Crippen molar-refractivity contribution in [3.8, 4) is 22.3 Å². The van der Waals surface area contributed by atoms with E-state index in [9.17, 15) is 19.2 Å². The summed E-state index contributed by atoms with van der Waals surface area (Å²) in [6.45, 7) is 0. The molecule has 0 saturated carbocycles. The van der Waals surface area contributed by atoms with Crippen molar-refractivity contribution in [3.63, 3.8) is 0 Å². The van der Waals surface area contributed by atoms with Crippen molar-refractivity contribution in [2.24, 2.45) is 0 Å². The van der Waals surface area contributed by atoms with Crippen LogP contribution in [0.3, 0.4) is 0 Å². The molecule has 4 amide bonds. The molecule has 0 radical (unpaired) electrons. The van der Waals surface area contributed by atoms with Gasteiger partial charge in [-0.2, -0.15) is 0 Å². The summed E-state index contributed by atoms with van der Waals surface area (Å²) in [5.74, 6) is -2.20. The summed E-state index contributed by atoms with van der Waals surface area (Å²) in [6.07, 6.45) is 4.61. The van der Waals surface area contributed by atoms with Crippen molar-refractivity contribution in [3.05, 3.63) is 92.9 Å². The molecule has 0 spiro atoms. The quantitative estimate of drug-likeness (QED) is 0.343. The summed E-state index contributed by atoms with van der Waals surface area (Å²) in [7, 11) is 0. The van der Waals surface area contributed by atoms with Gasteiger partial charge in [-0.3, -0.25) is 19.2 Å². The third-order valence-corrected chi connectivity index (χ3v) is 7.28. The number of imide groups is 2. The van der Waals surface area contributed by atoms with E-state index in [1.807, 2.05) is 0 Å². The van der Waals surface area contributed by atoms with Gasteiger partial charge in [0, 0.05) is 35.4 Å². The first-order valence-electron chi connectivity index (χ1n) is 10.4. The topological polar surface area (TPSA) is 74.8 Å². The van der Waals surface area contributed by atoms with Gasteiger partial charge < -0.3 is 0 Å². The Balaban J connectivity index is 1.70.